The van der Waals surface area contributed by atoms with Gasteiger partial charge in [0.15, 0.2) is 10.7 Å². The second kappa shape index (κ2) is 7.94. The average molecular weight is 354 g/mol. The van der Waals surface area contributed by atoms with Gasteiger partial charge in [-0.25, -0.2) is 4.79 Å². The lowest BCUT2D eigenvalue weighted by Gasteiger charge is -2.07. The number of aromatic nitrogens is 1. The first kappa shape index (κ1) is 17.2. The van der Waals surface area contributed by atoms with Crippen LogP contribution in [0.4, 0.5) is 5.88 Å². The molecule has 0 fully saturated rings. The molecule has 122 valence electrons. The van der Waals surface area contributed by atoms with Crippen molar-refractivity contribution < 1.29 is 14.1 Å². The summed E-state index contributed by atoms with van der Waals surface area (Å²) in [4.78, 5) is 12.3. The molecule has 0 saturated carbocycles. The molecular formula is C15H16ClN3O3S. The number of nitrogens with one attached hydrogen (secondary N) is 2. The number of carbonyl (C=O) groups excluding carboxylic acids is 1. The Morgan fingerprint density at radius 2 is 2.04 bits per heavy atom. The molecule has 0 aliphatic carbocycles. The first-order valence-corrected chi connectivity index (χ1v) is 7.83. The summed E-state index contributed by atoms with van der Waals surface area (Å²) in [5.74, 6) is -0.403. The van der Waals surface area contributed by atoms with Crippen molar-refractivity contribution in [1.82, 2.24) is 10.5 Å². The Morgan fingerprint density at radius 3 is 2.65 bits per heavy atom. The fraction of sp³-hybridized carbons (Fsp3) is 0.267. The third kappa shape index (κ3) is 4.20. The maximum Gasteiger partial charge on any atom is 0.346 e. The zero-order chi connectivity index (χ0) is 16.8. The smallest absolute Gasteiger partial charge is 0.346 e. The van der Waals surface area contributed by atoms with Crippen LogP contribution in [0.2, 0.25) is 5.02 Å². The third-order valence-corrected chi connectivity index (χ3v) is 3.35. The van der Waals surface area contributed by atoms with Crippen molar-refractivity contribution in [2.75, 3.05) is 18.5 Å². The van der Waals surface area contributed by atoms with Crippen molar-refractivity contribution in [1.29, 1.82) is 0 Å². The monoisotopic (exact) mass is 353 g/mol. The molecular weight excluding hydrogens is 338 g/mol. The fourth-order valence-corrected chi connectivity index (χ4v) is 2.24. The van der Waals surface area contributed by atoms with Gasteiger partial charge in [-0.05, 0) is 38.2 Å². The summed E-state index contributed by atoms with van der Waals surface area (Å²) in [6, 6.07) is 6.90. The molecule has 0 atom stereocenters. The highest BCUT2D eigenvalue weighted by Crippen LogP contribution is 2.30. The van der Waals surface area contributed by atoms with Gasteiger partial charge in [0, 0.05) is 17.1 Å². The molecule has 2 aromatic rings. The van der Waals surface area contributed by atoms with Gasteiger partial charge in [0.05, 0.1) is 6.61 Å². The van der Waals surface area contributed by atoms with Crippen LogP contribution < -0.4 is 10.6 Å². The van der Waals surface area contributed by atoms with E-state index in [2.05, 4.69) is 15.8 Å². The number of hydrogen-bond donors (Lipinski definition) is 2. The number of halogens is 1. The van der Waals surface area contributed by atoms with Crippen molar-refractivity contribution in [2.24, 2.45) is 0 Å². The van der Waals surface area contributed by atoms with E-state index in [1.165, 1.54) is 0 Å². The molecule has 1 aromatic carbocycles. The van der Waals surface area contributed by atoms with Crippen LogP contribution in [0.5, 0.6) is 0 Å². The van der Waals surface area contributed by atoms with Gasteiger partial charge in [-0.1, -0.05) is 28.9 Å². The van der Waals surface area contributed by atoms with Crippen LogP contribution in [0.25, 0.3) is 11.3 Å². The minimum atomic E-state index is -0.541. The second-order valence-corrected chi connectivity index (χ2v) is 5.29. The van der Waals surface area contributed by atoms with E-state index >= 15 is 0 Å². The quantitative estimate of drug-likeness (QED) is 0.629. The lowest BCUT2D eigenvalue weighted by atomic mass is 10.1. The average Bonchev–Trinajstić information content (AvgIpc) is 2.92. The summed E-state index contributed by atoms with van der Waals surface area (Å²) in [6.45, 7) is 4.50. The highest BCUT2D eigenvalue weighted by Gasteiger charge is 2.26. The van der Waals surface area contributed by atoms with E-state index in [4.69, 9.17) is 33.1 Å². The van der Waals surface area contributed by atoms with Crippen molar-refractivity contribution in [3.63, 3.8) is 0 Å². The van der Waals surface area contributed by atoms with Crippen LogP contribution >= 0.6 is 23.8 Å². The summed E-state index contributed by atoms with van der Waals surface area (Å²) in [5.41, 5.74) is 1.24. The van der Waals surface area contributed by atoms with Crippen LogP contribution in [-0.4, -0.2) is 29.4 Å². The molecule has 0 unspecified atom stereocenters. The molecule has 0 radical (unpaired) electrons. The Hall–Kier alpha value is -2.12. The summed E-state index contributed by atoms with van der Waals surface area (Å²) in [6.07, 6.45) is 0. The number of rotatable bonds is 5. The van der Waals surface area contributed by atoms with E-state index in [9.17, 15) is 4.79 Å². The number of benzene rings is 1. The molecule has 0 saturated heterocycles. The first-order valence-electron chi connectivity index (χ1n) is 7.04. The van der Waals surface area contributed by atoms with Crippen LogP contribution in [0.3, 0.4) is 0 Å². The zero-order valence-corrected chi connectivity index (χ0v) is 14.3. The summed E-state index contributed by atoms with van der Waals surface area (Å²) in [5, 5.41) is 10.6. The molecule has 0 spiro atoms. The minimum Gasteiger partial charge on any atom is -0.462 e. The van der Waals surface area contributed by atoms with Gasteiger partial charge in [0.2, 0.25) is 5.88 Å². The Kier molecular flexibility index (Phi) is 5.95. The largest absolute Gasteiger partial charge is 0.462 e. The molecule has 0 aliphatic rings. The van der Waals surface area contributed by atoms with Gasteiger partial charge >= 0.3 is 5.97 Å². The van der Waals surface area contributed by atoms with Crippen LogP contribution in [0.15, 0.2) is 28.8 Å². The van der Waals surface area contributed by atoms with Crippen molar-refractivity contribution in [3.05, 3.63) is 34.9 Å². The van der Waals surface area contributed by atoms with Crippen LogP contribution in [0, 0.1) is 0 Å². The predicted octanol–water partition coefficient (Wildman–Crippen LogP) is 3.48. The van der Waals surface area contributed by atoms with Gasteiger partial charge in [-0.2, -0.15) is 0 Å². The Bertz CT molecular complexity index is 700. The number of esters is 1. The van der Waals surface area contributed by atoms with Gasteiger partial charge < -0.3 is 19.9 Å². The van der Waals surface area contributed by atoms with Gasteiger partial charge in [-0.3, -0.25) is 0 Å². The van der Waals surface area contributed by atoms with Gasteiger partial charge in [-0.15, -0.1) is 0 Å². The first-order chi connectivity index (χ1) is 11.1. The van der Waals surface area contributed by atoms with E-state index < -0.39 is 5.97 Å². The minimum absolute atomic E-state index is 0.138. The Balaban J connectivity index is 2.42. The third-order valence-electron chi connectivity index (χ3n) is 2.85. The van der Waals surface area contributed by atoms with E-state index in [-0.39, 0.29) is 18.1 Å². The van der Waals surface area contributed by atoms with E-state index in [1.54, 1.807) is 31.2 Å². The Labute approximate surface area is 144 Å². The number of carbonyl (C=O) groups is 1. The van der Waals surface area contributed by atoms with Gasteiger partial charge in [0.1, 0.15) is 5.69 Å². The molecule has 1 heterocycles. The van der Waals surface area contributed by atoms with Crippen molar-refractivity contribution in [2.45, 2.75) is 13.8 Å². The highest BCUT2D eigenvalue weighted by molar-refractivity contribution is 7.80. The normalized spacial score (nSPS) is 10.2. The highest BCUT2D eigenvalue weighted by atomic mass is 35.5. The van der Waals surface area contributed by atoms with E-state index in [1.807, 2.05) is 6.92 Å². The number of thiocarbonyl (C=S) groups is 1. The van der Waals surface area contributed by atoms with E-state index in [0.717, 1.165) is 0 Å². The lowest BCUT2D eigenvalue weighted by molar-refractivity contribution is 0.0528. The second-order valence-electron chi connectivity index (χ2n) is 4.45. The van der Waals surface area contributed by atoms with Crippen LogP contribution in [0.1, 0.15) is 24.2 Å². The van der Waals surface area contributed by atoms with Crippen molar-refractivity contribution >= 4 is 40.8 Å². The number of hydrogen-bond acceptors (Lipinski definition) is 5. The van der Waals surface area contributed by atoms with Gasteiger partial charge in [0.25, 0.3) is 0 Å². The Morgan fingerprint density at radius 1 is 1.35 bits per heavy atom. The standard InChI is InChI=1S/C15H16ClN3O3S/c1-3-17-15(23)18-13-11(14(20)21-4-2)12(19-22-13)9-5-7-10(16)8-6-9/h5-8H,3-4H2,1-2H3,(H2,17,18,23). The maximum absolute atomic E-state index is 12.3. The summed E-state index contributed by atoms with van der Waals surface area (Å²) >= 11 is 11.0. The molecule has 0 bridgehead atoms. The molecule has 0 aliphatic heterocycles. The zero-order valence-electron chi connectivity index (χ0n) is 12.7. The molecule has 6 nitrogen and oxygen atoms in total. The number of ether oxygens (including phenoxy) is 1. The topological polar surface area (TPSA) is 76.4 Å². The summed E-state index contributed by atoms with van der Waals surface area (Å²) < 4.78 is 10.3. The molecule has 8 heteroatoms. The predicted molar refractivity (Wildman–Crippen MR) is 92.8 cm³/mol. The number of nitrogens with zero attached hydrogens (tertiary/aromatic N) is 1. The molecule has 1 aromatic heterocycles. The van der Waals surface area contributed by atoms with E-state index in [0.29, 0.717) is 27.9 Å². The molecule has 2 N–H and O–H groups in total. The molecule has 2 rings (SSSR count). The molecule has 0 amide bonds. The fourth-order valence-electron chi connectivity index (χ4n) is 1.88. The van der Waals surface area contributed by atoms with Crippen molar-refractivity contribution in [3.8, 4) is 11.3 Å². The molecule has 23 heavy (non-hydrogen) atoms. The van der Waals surface area contributed by atoms with Crippen LogP contribution in [-0.2, 0) is 4.74 Å². The SMILES string of the molecule is CCNC(=S)Nc1onc(-c2ccc(Cl)cc2)c1C(=O)OCC. The lowest BCUT2D eigenvalue weighted by Crippen LogP contribution is -2.28. The maximum atomic E-state index is 12.3. The summed E-state index contributed by atoms with van der Waals surface area (Å²) in [7, 11) is 0. The number of anilines is 1.